The van der Waals surface area contributed by atoms with Crippen LogP contribution >= 0.6 is 0 Å². The van der Waals surface area contributed by atoms with E-state index in [0.29, 0.717) is 11.6 Å². The minimum atomic E-state index is -4.45. The van der Waals surface area contributed by atoms with Crippen LogP contribution in [-0.2, 0) is 16.4 Å². The summed E-state index contributed by atoms with van der Waals surface area (Å²) in [4.78, 5) is 2.24. The van der Waals surface area contributed by atoms with Crippen molar-refractivity contribution < 1.29 is 44.2 Å². The summed E-state index contributed by atoms with van der Waals surface area (Å²) in [6.45, 7) is -6.44. The lowest BCUT2D eigenvalue weighted by Crippen LogP contribution is -2.15. The van der Waals surface area contributed by atoms with Gasteiger partial charge in [-0.2, -0.15) is 17.6 Å². The molecule has 0 spiro atoms. The standard InChI is InChI=1S/C19H14F6N2O4S/c20-13-7-16(31-19(24)25)14(21)6-15(13)27-32(28,29)17-9-26-8-11(17)4-10-2-1-3-12(5-10)30-18(22)23/h1-3,5-9,18-19,26-27H,4H2. The van der Waals surface area contributed by atoms with Gasteiger partial charge in [-0.05, 0) is 23.3 Å². The van der Waals surface area contributed by atoms with Gasteiger partial charge in [0.25, 0.3) is 10.0 Å². The predicted octanol–water partition coefficient (Wildman–Crippen LogP) is 4.89. The molecule has 0 saturated carbocycles. The SMILES string of the molecule is O=S(=O)(Nc1cc(F)c(OC(F)F)cc1F)c1c[nH]cc1Cc1cccc(OC(F)F)c1. The summed E-state index contributed by atoms with van der Waals surface area (Å²) >= 11 is 0. The Hall–Kier alpha value is -3.35. The van der Waals surface area contributed by atoms with Crippen molar-refractivity contribution in [2.45, 2.75) is 24.5 Å². The topological polar surface area (TPSA) is 80.4 Å². The molecule has 0 saturated heterocycles. The van der Waals surface area contributed by atoms with E-state index in [0.717, 1.165) is 6.20 Å². The highest BCUT2D eigenvalue weighted by Crippen LogP contribution is 2.29. The van der Waals surface area contributed by atoms with Gasteiger partial charge in [-0.25, -0.2) is 17.2 Å². The largest absolute Gasteiger partial charge is 0.435 e. The van der Waals surface area contributed by atoms with Crippen LogP contribution in [0.2, 0.25) is 0 Å². The number of anilines is 1. The zero-order valence-corrected chi connectivity index (χ0v) is 16.6. The van der Waals surface area contributed by atoms with Crippen molar-refractivity contribution >= 4 is 15.7 Å². The number of benzene rings is 2. The highest BCUT2D eigenvalue weighted by atomic mass is 32.2. The average Bonchev–Trinajstić information content (AvgIpc) is 3.14. The van der Waals surface area contributed by atoms with Gasteiger partial charge < -0.3 is 14.5 Å². The zero-order chi connectivity index (χ0) is 23.5. The molecule has 1 heterocycles. The van der Waals surface area contributed by atoms with Crippen LogP contribution in [0.15, 0.2) is 53.7 Å². The van der Waals surface area contributed by atoms with Crippen LogP contribution in [0.3, 0.4) is 0 Å². The number of halogens is 6. The molecule has 0 bridgehead atoms. The number of aromatic nitrogens is 1. The van der Waals surface area contributed by atoms with Crippen molar-refractivity contribution in [3.63, 3.8) is 0 Å². The minimum Gasteiger partial charge on any atom is -0.435 e. The number of hydrogen-bond acceptors (Lipinski definition) is 4. The fraction of sp³-hybridized carbons (Fsp3) is 0.158. The third-order valence-corrected chi connectivity index (χ3v) is 5.53. The fourth-order valence-corrected chi connectivity index (χ4v) is 4.07. The molecule has 3 rings (SSSR count). The molecule has 0 radical (unpaired) electrons. The minimum absolute atomic E-state index is 0.0296. The number of nitrogens with one attached hydrogen (secondary N) is 2. The second-order valence-electron chi connectivity index (χ2n) is 6.29. The van der Waals surface area contributed by atoms with Gasteiger partial charge in [-0.1, -0.05) is 12.1 Å². The average molecular weight is 480 g/mol. The molecule has 0 fully saturated rings. The van der Waals surface area contributed by atoms with Gasteiger partial charge in [-0.15, -0.1) is 0 Å². The second kappa shape index (κ2) is 9.42. The summed E-state index contributed by atoms with van der Waals surface area (Å²) in [6, 6.07) is 6.22. The van der Waals surface area contributed by atoms with E-state index in [2.05, 4.69) is 14.5 Å². The van der Waals surface area contributed by atoms with Crippen molar-refractivity contribution in [3.8, 4) is 11.5 Å². The number of alkyl halides is 4. The summed E-state index contributed by atoms with van der Waals surface area (Å²) < 4.78 is 113. The molecule has 2 N–H and O–H groups in total. The molecular weight excluding hydrogens is 466 g/mol. The highest BCUT2D eigenvalue weighted by Gasteiger charge is 2.23. The van der Waals surface area contributed by atoms with E-state index in [1.807, 2.05) is 4.72 Å². The zero-order valence-electron chi connectivity index (χ0n) is 15.8. The van der Waals surface area contributed by atoms with E-state index in [9.17, 15) is 34.8 Å². The molecule has 13 heteroatoms. The van der Waals surface area contributed by atoms with Gasteiger partial charge in [0.2, 0.25) is 0 Å². The van der Waals surface area contributed by atoms with Crippen molar-refractivity contribution in [1.29, 1.82) is 0 Å². The molecule has 0 aliphatic rings. The molecule has 0 atom stereocenters. The van der Waals surface area contributed by atoms with Crippen molar-refractivity contribution in [3.05, 3.63) is 71.6 Å². The lowest BCUT2D eigenvalue weighted by Gasteiger charge is -2.12. The van der Waals surface area contributed by atoms with Crippen LogP contribution in [0, 0.1) is 11.6 Å². The first-order chi connectivity index (χ1) is 15.0. The molecule has 3 aromatic rings. The molecule has 0 amide bonds. The first-order valence-electron chi connectivity index (χ1n) is 8.71. The number of rotatable bonds is 9. The molecule has 1 aromatic heterocycles. The molecule has 32 heavy (non-hydrogen) atoms. The Kier molecular flexibility index (Phi) is 6.87. The van der Waals surface area contributed by atoms with Crippen LogP contribution < -0.4 is 14.2 Å². The molecular formula is C19H14F6N2O4S. The quantitative estimate of drug-likeness (QED) is 0.428. The fourth-order valence-electron chi connectivity index (χ4n) is 2.81. The maximum atomic E-state index is 14.1. The van der Waals surface area contributed by atoms with E-state index in [1.165, 1.54) is 24.4 Å². The van der Waals surface area contributed by atoms with Crippen LogP contribution in [0.25, 0.3) is 0 Å². The maximum Gasteiger partial charge on any atom is 0.387 e. The Balaban J connectivity index is 1.84. The normalized spacial score (nSPS) is 11.8. The van der Waals surface area contributed by atoms with E-state index in [-0.39, 0.29) is 28.7 Å². The summed E-state index contributed by atoms with van der Waals surface area (Å²) in [5.74, 6) is -3.97. The summed E-state index contributed by atoms with van der Waals surface area (Å²) in [6.07, 6.45) is 2.38. The van der Waals surface area contributed by atoms with Crippen molar-refractivity contribution in [1.82, 2.24) is 4.98 Å². The summed E-state index contributed by atoms with van der Waals surface area (Å²) in [7, 11) is -4.45. The van der Waals surface area contributed by atoms with Gasteiger partial charge in [0.05, 0.1) is 5.69 Å². The van der Waals surface area contributed by atoms with Crippen LogP contribution in [0.5, 0.6) is 11.5 Å². The first kappa shape index (κ1) is 23.3. The Morgan fingerprint density at radius 1 is 0.938 bits per heavy atom. The third-order valence-electron chi connectivity index (χ3n) is 4.08. The monoisotopic (exact) mass is 480 g/mol. The van der Waals surface area contributed by atoms with Crippen LogP contribution in [0.1, 0.15) is 11.1 Å². The summed E-state index contributed by atoms with van der Waals surface area (Å²) in [5, 5.41) is 0. The van der Waals surface area contributed by atoms with Gasteiger partial charge in [0.1, 0.15) is 10.6 Å². The molecule has 0 aliphatic carbocycles. The predicted molar refractivity (Wildman–Crippen MR) is 100 cm³/mol. The van der Waals surface area contributed by atoms with Gasteiger partial charge in [-0.3, -0.25) is 4.72 Å². The van der Waals surface area contributed by atoms with E-state index in [1.54, 1.807) is 6.07 Å². The molecule has 2 aromatic carbocycles. The number of aromatic amines is 1. The van der Waals surface area contributed by atoms with Gasteiger partial charge in [0, 0.05) is 30.9 Å². The maximum absolute atomic E-state index is 14.1. The lowest BCUT2D eigenvalue weighted by molar-refractivity contribution is -0.0525. The Labute approximate surface area is 177 Å². The Bertz CT molecular complexity index is 1200. The molecule has 172 valence electrons. The number of hydrogen-bond donors (Lipinski definition) is 2. The highest BCUT2D eigenvalue weighted by molar-refractivity contribution is 7.92. The van der Waals surface area contributed by atoms with E-state index < -0.39 is 46.3 Å². The van der Waals surface area contributed by atoms with Crippen LogP contribution in [-0.4, -0.2) is 26.6 Å². The molecule has 6 nitrogen and oxygen atoms in total. The molecule has 0 unspecified atom stereocenters. The van der Waals surface area contributed by atoms with E-state index >= 15 is 0 Å². The second-order valence-corrected chi connectivity index (χ2v) is 7.94. The van der Waals surface area contributed by atoms with Gasteiger partial charge in [0.15, 0.2) is 17.4 Å². The number of sulfonamides is 1. The first-order valence-corrected chi connectivity index (χ1v) is 10.2. The summed E-state index contributed by atoms with van der Waals surface area (Å²) in [5.41, 5.74) is -0.209. The van der Waals surface area contributed by atoms with Crippen molar-refractivity contribution in [2.24, 2.45) is 0 Å². The smallest absolute Gasteiger partial charge is 0.387 e. The molecule has 0 aliphatic heterocycles. The van der Waals surface area contributed by atoms with Crippen molar-refractivity contribution in [2.75, 3.05) is 4.72 Å². The van der Waals surface area contributed by atoms with Gasteiger partial charge >= 0.3 is 13.2 Å². The Morgan fingerprint density at radius 2 is 1.66 bits per heavy atom. The van der Waals surface area contributed by atoms with Crippen LogP contribution in [0.4, 0.5) is 32.0 Å². The van der Waals surface area contributed by atoms with E-state index in [4.69, 9.17) is 0 Å². The Morgan fingerprint density at radius 3 is 2.34 bits per heavy atom. The number of H-pyrrole nitrogens is 1. The third kappa shape index (κ3) is 5.66. The lowest BCUT2D eigenvalue weighted by atomic mass is 10.1. The number of ether oxygens (including phenoxy) is 2.